The van der Waals surface area contributed by atoms with E-state index in [-0.39, 0.29) is 0 Å². The summed E-state index contributed by atoms with van der Waals surface area (Å²) >= 11 is -1.07. The van der Waals surface area contributed by atoms with E-state index in [0.29, 0.717) is 13.1 Å². The summed E-state index contributed by atoms with van der Waals surface area (Å²) < 4.78 is 0. The third-order valence-electron chi connectivity index (χ3n) is 0.144. The molecule has 0 amide bonds. The summed E-state index contributed by atoms with van der Waals surface area (Å²) in [5, 5.41) is 0. The van der Waals surface area contributed by atoms with Gasteiger partial charge in [0.15, 0.2) is 0 Å². The maximum atomic E-state index is 6.33. The van der Waals surface area contributed by atoms with Gasteiger partial charge in [0.05, 0.1) is 0 Å². The van der Waals surface area contributed by atoms with E-state index in [4.69, 9.17) is 28.1 Å². The van der Waals surface area contributed by atoms with Crippen molar-refractivity contribution >= 4 is 16.6 Å². The van der Waals surface area contributed by atoms with Crippen LogP contribution in [0.3, 0.4) is 0 Å². The quantitative estimate of drug-likeness (QED) is 0.694. The minimum Gasteiger partial charge on any atom is -0.676 e. The monoisotopic (exact) mass is 243 g/mol. The van der Waals surface area contributed by atoms with Gasteiger partial charge in [0.2, 0.25) is 0 Å². The third kappa shape index (κ3) is 37.2. The van der Waals surface area contributed by atoms with Gasteiger partial charge in [-0.1, -0.05) is 0 Å². The number of hydrogen-bond donors (Lipinski definition) is 1. The van der Waals surface area contributed by atoms with Gasteiger partial charge in [0.25, 0.3) is 0 Å². The molecule has 0 bridgehead atoms. The Balaban J connectivity index is 0. The van der Waals surface area contributed by atoms with Crippen LogP contribution in [0, 0.1) is 0 Å². The van der Waals surface area contributed by atoms with E-state index in [2.05, 4.69) is 0 Å². The van der Waals surface area contributed by atoms with Crippen LogP contribution in [0.4, 0.5) is 0 Å². The van der Waals surface area contributed by atoms with E-state index in [1.165, 1.54) is 0 Å². The molecule has 0 atom stereocenters. The number of nitrogens with two attached hydrogens (primary N) is 1. The van der Waals surface area contributed by atoms with Crippen molar-refractivity contribution in [1.29, 1.82) is 0 Å². The minimum atomic E-state index is -1.07. The molecule has 0 aliphatic heterocycles. The number of hydrogen-bond acceptors (Lipinski definition) is 1. The van der Waals surface area contributed by atoms with Gasteiger partial charge < -0.3 is 11.5 Å². The maximum Gasteiger partial charge on any atom is -0.0268 e. The van der Waals surface area contributed by atoms with Gasteiger partial charge in [0, 0.05) is 0 Å². The van der Waals surface area contributed by atoms with Crippen LogP contribution in [0.2, 0.25) is 0 Å². The van der Waals surface area contributed by atoms with Gasteiger partial charge in [0.1, 0.15) is 0 Å². The molecule has 0 saturated carbocycles. The van der Waals surface area contributed by atoms with E-state index in [9.17, 15) is 0 Å². The summed E-state index contributed by atoms with van der Waals surface area (Å²) in [6.45, 7) is 0.833. The van der Waals surface area contributed by atoms with Crippen molar-refractivity contribution in [3.63, 3.8) is 0 Å². The second-order valence-corrected chi connectivity index (χ2v) is 6.64. The molecule has 0 fully saturated rings. The SMILES string of the molecule is [Cl][Cd][Cl].[NH-]CCN. The van der Waals surface area contributed by atoms with E-state index in [1.54, 1.807) is 0 Å². The zero-order valence-electron chi connectivity index (χ0n) is 3.95. The van der Waals surface area contributed by atoms with E-state index in [0.717, 1.165) is 0 Å². The molecule has 0 spiro atoms. The van der Waals surface area contributed by atoms with Crippen LogP contribution in [0.1, 0.15) is 0 Å². The summed E-state index contributed by atoms with van der Waals surface area (Å²) in [5.74, 6) is 0. The summed E-state index contributed by atoms with van der Waals surface area (Å²) in [6, 6.07) is 0. The predicted molar refractivity (Wildman–Crippen MR) is 29.9 cm³/mol. The molecule has 5 heteroatoms. The molecule has 2 nitrogen and oxygen atoms in total. The first-order chi connectivity index (χ1) is 3.33. The van der Waals surface area contributed by atoms with Crippen molar-refractivity contribution in [2.75, 3.05) is 13.1 Å². The normalized spacial score (nSPS) is 5.71. The second-order valence-electron chi connectivity index (χ2n) is 0.640. The Morgan fingerprint density at radius 3 is 1.71 bits per heavy atom. The first-order valence-corrected chi connectivity index (χ1v) is 12.0. The molecule has 0 saturated heterocycles. The topological polar surface area (TPSA) is 49.8 Å². The molecule has 0 unspecified atom stereocenters. The van der Waals surface area contributed by atoms with Crippen LogP contribution in [0.15, 0.2) is 0 Å². The predicted octanol–water partition coefficient (Wildman–Crippen LogP) is 1.37. The summed E-state index contributed by atoms with van der Waals surface area (Å²) in [4.78, 5) is 0. The molecular formula is C2H7CdCl2N2-. The van der Waals surface area contributed by atoms with Crippen LogP contribution in [0.5, 0.6) is 0 Å². The van der Waals surface area contributed by atoms with Gasteiger partial charge in [-0.15, -0.1) is 6.54 Å². The van der Waals surface area contributed by atoms with Crippen molar-refractivity contribution in [2.24, 2.45) is 5.73 Å². The Morgan fingerprint density at radius 1 is 1.57 bits per heavy atom. The molecule has 0 heterocycles. The molecular weight excluding hydrogens is 235 g/mol. The maximum absolute atomic E-state index is 6.33. The average molecular weight is 242 g/mol. The van der Waals surface area contributed by atoms with E-state index in [1.807, 2.05) is 0 Å². The van der Waals surface area contributed by atoms with Gasteiger partial charge in [-0.05, 0) is 6.54 Å². The molecule has 0 rings (SSSR count). The summed E-state index contributed by atoms with van der Waals surface area (Å²) in [7, 11) is 9.95. The van der Waals surface area contributed by atoms with E-state index >= 15 is 0 Å². The largest absolute Gasteiger partial charge is 0.676 e. The fourth-order valence-electron chi connectivity index (χ4n) is 0. The molecule has 3 N–H and O–H groups in total. The molecule has 0 aliphatic carbocycles. The molecule has 7 heavy (non-hydrogen) atoms. The number of nitrogens with one attached hydrogen (secondary N) is 1. The van der Waals surface area contributed by atoms with Crippen molar-refractivity contribution in [1.82, 2.24) is 0 Å². The zero-order chi connectivity index (χ0) is 6.12. The fourth-order valence-corrected chi connectivity index (χ4v) is 0. The molecule has 0 aromatic heterocycles. The Bertz CT molecular complexity index is 21.2. The van der Waals surface area contributed by atoms with Crippen LogP contribution >= 0.6 is 16.6 Å². The van der Waals surface area contributed by atoms with Crippen molar-refractivity contribution < 1.29 is 21.8 Å². The van der Waals surface area contributed by atoms with Crippen LogP contribution in [-0.2, 0) is 21.8 Å². The fraction of sp³-hybridized carbons (Fsp3) is 1.00. The van der Waals surface area contributed by atoms with Crippen molar-refractivity contribution in [3.8, 4) is 0 Å². The van der Waals surface area contributed by atoms with Gasteiger partial charge in [-0.3, -0.25) is 0 Å². The number of halogens is 2. The van der Waals surface area contributed by atoms with Gasteiger partial charge in [-0.25, -0.2) is 0 Å². The Kier molecular flexibility index (Phi) is 25.2. The van der Waals surface area contributed by atoms with Crippen LogP contribution in [-0.4, -0.2) is 13.1 Å². The first kappa shape index (κ1) is 11.2. The summed E-state index contributed by atoms with van der Waals surface area (Å²) in [5.41, 5.74) is 11.2. The standard InChI is InChI=1S/C2H7N2.Cd.2ClH/c3-1-2-4;;;/h3H,1-2,4H2;;2*1H/q-1;+2;;/p-2. The zero-order valence-corrected chi connectivity index (χ0v) is 9.50. The average Bonchev–Trinajstić information content (AvgIpc) is 1.69. The van der Waals surface area contributed by atoms with Crippen molar-refractivity contribution in [2.45, 2.75) is 0 Å². The van der Waals surface area contributed by atoms with E-state index < -0.39 is 21.8 Å². The summed E-state index contributed by atoms with van der Waals surface area (Å²) in [6.07, 6.45) is 0. The van der Waals surface area contributed by atoms with Gasteiger partial charge >= 0.3 is 38.4 Å². The molecule has 0 aromatic carbocycles. The molecule has 0 aromatic rings. The van der Waals surface area contributed by atoms with Gasteiger partial charge in [-0.2, -0.15) is 0 Å². The Hall–Kier alpha value is 1.42. The third-order valence-corrected chi connectivity index (χ3v) is 0.144. The Morgan fingerprint density at radius 2 is 1.71 bits per heavy atom. The number of rotatable bonds is 1. The minimum absolute atomic E-state index is 0.347. The molecule has 42 valence electrons. The smallest absolute Gasteiger partial charge is 0.0268 e. The van der Waals surface area contributed by atoms with Crippen LogP contribution < -0.4 is 5.73 Å². The first-order valence-electron chi connectivity index (χ1n) is 1.80. The Labute approximate surface area is 62.7 Å². The van der Waals surface area contributed by atoms with Crippen molar-refractivity contribution in [3.05, 3.63) is 5.73 Å². The molecule has 0 aliphatic rings. The second kappa shape index (κ2) is 15.7. The molecule has 0 radical (unpaired) electrons. The van der Waals surface area contributed by atoms with Crippen LogP contribution in [0.25, 0.3) is 5.73 Å².